The molecule has 3 nitrogen and oxygen atoms in total. The minimum Gasteiger partial charge on any atom is -0.493 e. The van der Waals surface area contributed by atoms with Crippen molar-refractivity contribution >= 4 is 0 Å². The van der Waals surface area contributed by atoms with Crippen LogP contribution in [0.4, 0.5) is 0 Å². The van der Waals surface area contributed by atoms with E-state index in [4.69, 9.17) is 9.47 Å². The van der Waals surface area contributed by atoms with Crippen LogP contribution >= 0.6 is 0 Å². The number of benzene rings is 1. The minimum atomic E-state index is -0.406. The Bertz CT molecular complexity index is 451. The minimum absolute atomic E-state index is 0.225. The predicted octanol–water partition coefficient (Wildman–Crippen LogP) is 2.85. The maximum absolute atomic E-state index is 10.3. The molecule has 3 heteroatoms. The number of aliphatic hydroxyl groups is 1. The van der Waals surface area contributed by atoms with Crippen molar-refractivity contribution in [2.75, 3.05) is 6.61 Å². The van der Waals surface area contributed by atoms with E-state index in [1.165, 1.54) is 5.56 Å². The highest BCUT2D eigenvalue weighted by Crippen LogP contribution is 2.46. The quantitative estimate of drug-likeness (QED) is 0.890. The smallest absolute Gasteiger partial charge is 0.125 e. The number of fused-ring (bicyclic) bond motifs is 1. The third-order valence-electron chi connectivity index (χ3n) is 3.72. The van der Waals surface area contributed by atoms with Gasteiger partial charge in [-0.3, -0.25) is 0 Å². The Kier molecular flexibility index (Phi) is 2.94. The molecule has 18 heavy (non-hydrogen) atoms. The molecule has 0 bridgehead atoms. The van der Waals surface area contributed by atoms with E-state index in [-0.39, 0.29) is 6.10 Å². The molecule has 1 aliphatic carbocycles. The van der Waals surface area contributed by atoms with E-state index in [0.717, 1.165) is 36.3 Å². The Morgan fingerprint density at radius 2 is 2.22 bits per heavy atom. The van der Waals surface area contributed by atoms with Crippen LogP contribution in [0.15, 0.2) is 12.1 Å². The molecule has 1 fully saturated rings. The Hall–Kier alpha value is -1.22. The van der Waals surface area contributed by atoms with Crippen molar-refractivity contribution in [3.8, 4) is 11.5 Å². The molecule has 1 heterocycles. The van der Waals surface area contributed by atoms with E-state index < -0.39 is 6.10 Å². The van der Waals surface area contributed by atoms with Gasteiger partial charge in [0.2, 0.25) is 0 Å². The zero-order valence-corrected chi connectivity index (χ0v) is 11.0. The van der Waals surface area contributed by atoms with Crippen molar-refractivity contribution in [2.45, 2.75) is 45.3 Å². The summed E-state index contributed by atoms with van der Waals surface area (Å²) in [6, 6.07) is 4.02. The van der Waals surface area contributed by atoms with Gasteiger partial charge in [-0.1, -0.05) is 0 Å². The highest BCUT2D eigenvalue weighted by Gasteiger charge is 2.34. The Morgan fingerprint density at radius 3 is 2.89 bits per heavy atom. The second-order valence-corrected chi connectivity index (χ2v) is 5.35. The second kappa shape index (κ2) is 4.47. The van der Waals surface area contributed by atoms with Crippen LogP contribution in [0, 0.1) is 5.92 Å². The van der Waals surface area contributed by atoms with E-state index in [0.29, 0.717) is 12.5 Å². The average molecular weight is 248 g/mol. The number of aliphatic hydroxyl groups excluding tert-OH is 1. The number of hydrogen-bond donors (Lipinski definition) is 1. The first-order valence-electron chi connectivity index (χ1n) is 6.83. The third-order valence-corrected chi connectivity index (χ3v) is 3.72. The molecule has 2 aliphatic rings. The molecular weight excluding hydrogens is 228 g/mol. The fourth-order valence-corrected chi connectivity index (χ4v) is 2.63. The van der Waals surface area contributed by atoms with Gasteiger partial charge in [-0.2, -0.15) is 0 Å². The van der Waals surface area contributed by atoms with Gasteiger partial charge in [0, 0.05) is 17.5 Å². The van der Waals surface area contributed by atoms with Gasteiger partial charge in [0.1, 0.15) is 17.6 Å². The van der Waals surface area contributed by atoms with Crippen LogP contribution in [-0.4, -0.2) is 17.8 Å². The van der Waals surface area contributed by atoms with Gasteiger partial charge in [0.05, 0.1) is 12.7 Å². The molecule has 1 N–H and O–H groups in total. The molecule has 1 saturated carbocycles. The summed E-state index contributed by atoms with van der Waals surface area (Å²) in [5.41, 5.74) is 2.09. The second-order valence-electron chi connectivity index (χ2n) is 5.35. The Morgan fingerprint density at radius 1 is 1.44 bits per heavy atom. The summed E-state index contributed by atoms with van der Waals surface area (Å²) in [6.45, 7) is 4.66. The summed E-state index contributed by atoms with van der Waals surface area (Å²) in [5, 5.41) is 10.3. The first-order valence-corrected chi connectivity index (χ1v) is 6.83. The van der Waals surface area contributed by atoms with Crippen LogP contribution in [0.25, 0.3) is 0 Å². The summed E-state index contributed by atoms with van der Waals surface area (Å²) < 4.78 is 11.4. The van der Waals surface area contributed by atoms with Crippen LogP contribution < -0.4 is 9.47 Å². The number of hydrogen-bond acceptors (Lipinski definition) is 3. The first-order chi connectivity index (χ1) is 8.69. The normalized spacial score (nSPS) is 23.4. The van der Waals surface area contributed by atoms with Crippen LogP contribution in [0.3, 0.4) is 0 Å². The molecule has 0 radical (unpaired) electrons. The van der Waals surface area contributed by atoms with Crippen LogP contribution in [0.5, 0.6) is 11.5 Å². The average Bonchev–Trinajstić information content (AvgIpc) is 3.10. The monoisotopic (exact) mass is 248 g/mol. The molecule has 0 saturated heterocycles. The van der Waals surface area contributed by atoms with Crippen molar-refractivity contribution in [3.05, 3.63) is 23.3 Å². The molecule has 98 valence electrons. The standard InChI is InChI=1S/C15H20O3/c1-3-17-14-7-11-6-9(2)18-13(11)8-12(14)15(16)10-4-5-10/h7-10,15-16H,3-6H2,1-2H3. The molecular formula is C15H20O3. The predicted molar refractivity (Wildman–Crippen MR) is 69.1 cm³/mol. The topological polar surface area (TPSA) is 38.7 Å². The van der Waals surface area contributed by atoms with Crippen molar-refractivity contribution in [1.82, 2.24) is 0 Å². The molecule has 0 spiro atoms. The van der Waals surface area contributed by atoms with Gasteiger partial charge in [0.15, 0.2) is 0 Å². The van der Waals surface area contributed by atoms with Crippen LogP contribution in [0.1, 0.15) is 43.9 Å². The Labute approximate surface area is 108 Å². The van der Waals surface area contributed by atoms with Gasteiger partial charge in [-0.25, -0.2) is 0 Å². The van der Waals surface area contributed by atoms with Crippen LogP contribution in [0.2, 0.25) is 0 Å². The molecule has 0 aromatic heterocycles. The molecule has 0 amide bonds. The van der Waals surface area contributed by atoms with E-state index in [1.807, 2.05) is 19.1 Å². The zero-order valence-electron chi connectivity index (χ0n) is 11.0. The van der Waals surface area contributed by atoms with E-state index in [9.17, 15) is 5.11 Å². The van der Waals surface area contributed by atoms with Crippen molar-refractivity contribution in [2.24, 2.45) is 5.92 Å². The fraction of sp³-hybridized carbons (Fsp3) is 0.600. The number of ether oxygens (including phenoxy) is 2. The van der Waals surface area contributed by atoms with Crippen molar-refractivity contribution in [3.63, 3.8) is 0 Å². The zero-order chi connectivity index (χ0) is 12.7. The van der Waals surface area contributed by atoms with E-state index >= 15 is 0 Å². The van der Waals surface area contributed by atoms with Gasteiger partial charge in [0.25, 0.3) is 0 Å². The van der Waals surface area contributed by atoms with Gasteiger partial charge in [-0.15, -0.1) is 0 Å². The molecule has 1 aromatic carbocycles. The summed E-state index contributed by atoms with van der Waals surface area (Å²) in [4.78, 5) is 0. The summed E-state index contributed by atoms with van der Waals surface area (Å²) >= 11 is 0. The lowest BCUT2D eigenvalue weighted by molar-refractivity contribution is 0.148. The summed E-state index contributed by atoms with van der Waals surface area (Å²) in [6.07, 6.45) is 2.97. The van der Waals surface area contributed by atoms with Crippen LogP contribution in [-0.2, 0) is 6.42 Å². The van der Waals surface area contributed by atoms with Gasteiger partial charge in [-0.05, 0) is 44.7 Å². The van der Waals surface area contributed by atoms with Gasteiger partial charge < -0.3 is 14.6 Å². The largest absolute Gasteiger partial charge is 0.493 e. The fourth-order valence-electron chi connectivity index (χ4n) is 2.63. The van der Waals surface area contributed by atoms with Gasteiger partial charge >= 0.3 is 0 Å². The summed E-state index contributed by atoms with van der Waals surface area (Å²) in [5.74, 6) is 2.15. The Balaban J connectivity index is 1.97. The highest BCUT2D eigenvalue weighted by molar-refractivity contribution is 5.50. The highest BCUT2D eigenvalue weighted by atomic mass is 16.5. The first kappa shape index (κ1) is 11.8. The molecule has 3 rings (SSSR count). The SMILES string of the molecule is CCOc1cc2c(cc1C(O)C1CC1)OC(C)C2. The lowest BCUT2D eigenvalue weighted by Gasteiger charge is -2.16. The lowest BCUT2D eigenvalue weighted by Crippen LogP contribution is -2.05. The molecule has 1 aromatic rings. The number of rotatable bonds is 4. The maximum atomic E-state index is 10.3. The third kappa shape index (κ3) is 2.07. The summed E-state index contributed by atoms with van der Waals surface area (Å²) in [7, 11) is 0. The molecule has 1 aliphatic heterocycles. The van der Waals surface area contributed by atoms with Crippen molar-refractivity contribution < 1.29 is 14.6 Å². The van der Waals surface area contributed by atoms with E-state index in [2.05, 4.69) is 6.92 Å². The maximum Gasteiger partial charge on any atom is 0.125 e. The van der Waals surface area contributed by atoms with E-state index in [1.54, 1.807) is 0 Å². The van der Waals surface area contributed by atoms with Crippen molar-refractivity contribution in [1.29, 1.82) is 0 Å². The molecule has 2 unspecified atom stereocenters. The molecule has 2 atom stereocenters. The lowest BCUT2D eigenvalue weighted by atomic mass is 10.0.